The average molecular weight is 655 g/mol. The highest BCUT2D eigenvalue weighted by Crippen LogP contribution is 2.37. The Labute approximate surface area is 274 Å². The van der Waals surface area contributed by atoms with Gasteiger partial charge in [0, 0.05) is 0 Å². The van der Waals surface area contributed by atoms with E-state index in [1.807, 2.05) is 0 Å². The van der Waals surface area contributed by atoms with Gasteiger partial charge in [-0.1, -0.05) is 72.8 Å². The van der Waals surface area contributed by atoms with E-state index in [0.717, 1.165) is 0 Å². The molecule has 0 saturated carbocycles. The number of hydrogen-bond donors (Lipinski definition) is 2. The molecule has 1 saturated heterocycles. The Kier molecular flexibility index (Phi) is 10.6. The van der Waals surface area contributed by atoms with Crippen LogP contribution in [-0.2, 0) is 28.5 Å². The standard InChI is InChI=1S/C36H30O12/c37-28(38)21-36(43)31(47-35(42)26-19-11-4-12-20-26)30(46-34(41)25-17-9-3-10-18-25)29(45-33(40)24-15-7-2-8-16-24)27(48-36)22-44-32(39)23-13-5-1-6-14-23/h1-20,27,29-31,43H,21-22H2,(H,37,38)/t27-,29-,30+,31+,36?/m1/s1. The molecule has 1 unspecified atom stereocenters. The molecule has 5 rings (SSSR count). The maximum atomic E-state index is 13.5. The van der Waals surface area contributed by atoms with E-state index in [1.165, 1.54) is 48.5 Å². The largest absolute Gasteiger partial charge is 0.481 e. The van der Waals surface area contributed by atoms with Crippen molar-refractivity contribution in [3.05, 3.63) is 144 Å². The van der Waals surface area contributed by atoms with Gasteiger partial charge < -0.3 is 33.9 Å². The zero-order valence-corrected chi connectivity index (χ0v) is 25.2. The second-order valence-corrected chi connectivity index (χ2v) is 10.7. The van der Waals surface area contributed by atoms with Gasteiger partial charge in [0.15, 0.2) is 18.3 Å². The van der Waals surface area contributed by atoms with Crippen molar-refractivity contribution in [3.63, 3.8) is 0 Å². The zero-order valence-electron chi connectivity index (χ0n) is 25.2. The number of esters is 4. The molecular weight excluding hydrogens is 624 g/mol. The molecule has 0 bridgehead atoms. The van der Waals surface area contributed by atoms with E-state index in [0.29, 0.717) is 0 Å². The van der Waals surface area contributed by atoms with Gasteiger partial charge in [-0.25, -0.2) is 19.2 Å². The van der Waals surface area contributed by atoms with Crippen LogP contribution in [0.5, 0.6) is 0 Å². The summed E-state index contributed by atoms with van der Waals surface area (Å²) < 4.78 is 28.6. The predicted octanol–water partition coefficient (Wildman–Crippen LogP) is 4.08. The number of aliphatic hydroxyl groups is 1. The molecule has 5 atom stereocenters. The van der Waals surface area contributed by atoms with Gasteiger partial charge in [-0.3, -0.25) is 4.79 Å². The van der Waals surface area contributed by atoms with Gasteiger partial charge in [-0.05, 0) is 48.5 Å². The molecule has 12 heteroatoms. The lowest BCUT2D eigenvalue weighted by Gasteiger charge is -2.48. The summed E-state index contributed by atoms with van der Waals surface area (Å²) >= 11 is 0. The number of carbonyl (C=O) groups excluding carboxylic acids is 4. The number of benzene rings is 4. The van der Waals surface area contributed by atoms with E-state index in [4.69, 9.17) is 23.7 Å². The summed E-state index contributed by atoms with van der Waals surface area (Å²) in [7, 11) is 0. The smallest absolute Gasteiger partial charge is 0.338 e. The molecule has 0 radical (unpaired) electrons. The Bertz CT molecular complexity index is 1730. The summed E-state index contributed by atoms with van der Waals surface area (Å²) in [4.78, 5) is 65.2. The average Bonchev–Trinajstić information content (AvgIpc) is 3.11. The third-order valence-corrected chi connectivity index (χ3v) is 7.33. The number of hydrogen-bond acceptors (Lipinski definition) is 11. The third kappa shape index (κ3) is 8.10. The molecule has 2 N–H and O–H groups in total. The van der Waals surface area contributed by atoms with Gasteiger partial charge in [-0.15, -0.1) is 0 Å². The summed E-state index contributed by atoms with van der Waals surface area (Å²) in [5, 5.41) is 21.6. The molecule has 1 aliphatic heterocycles. The van der Waals surface area contributed by atoms with Crippen molar-refractivity contribution in [2.75, 3.05) is 6.61 Å². The molecule has 0 amide bonds. The van der Waals surface area contributed by atoms with Gasteiger partial charge >= 0.3 is 29.8 Å². The molecule has 246 valence electrons. The lowest BCUT2D eigenvalue weighted by atomic mass is 9.89. The van der Waals surface area contributed by atoms with Crippen LogP contribution in [0.4, 0.5) is 0 Å². The first-order valence-corrected chi connectivity index (χ1v) is 14.8. The van der Waals surface area contributed by atoms with Crippen molar-refractivity contribution in [1.29, 1.82) is 0 Å². The molecule has 1 fully saturated rings. The first-order valence-electron chi connectivity index (χ1n) is 14.8. The monoisotopic (exact) mass is 654 g/mol. The summed E-state index contributed by atoms with van der Waals surface area (Å²) in [6.07, 6.45) is -8.46. The summed E-state index contributed by atoms with van der Waals surface area (Å²) in [6.45, 7) is -0.707. The minimum atomic E-state index is -2.88. The highest BCUT2D eigenvalue weighted by molar-refractivity contribution is 5.91. The Balaban J connectivity index is 1.58. The summed E-state index contributed by atoms with van der Waals surface area (Å²) in [5.74, 6) is -8.22. The van der Waals surface area contributed by atoms with Crippen LogP contribution in [0.15, 0.2) is 121 Å². The minimum absolute atomic E-state index is 0.0139. The normalized spacial score (nSPS) is 21.7. The third-order valence-electron chi connectivity index (χ3n) is 7.33. The zero-order chi connectivity index (χ0) is 34.1. The van der Waals surface area contributed by atoms with Crippen molar-refractivity contribution in [1.82, 2.24) is 0 Å². The van der Waals surface area contributed by atoms with Crippen LogP contribution in [0.1, 0.15) is 47.9 Å². The van der Waals surface area contributed by atoms with Gasteiger partial charge in [0.1, 0.15) is 19.1 Å². The number of rotatable bonds is 11. The van der Waals surface area contributed by atoms with Crippen LogP contribution < -0.4 is 0 Å². The van der Waals surface area contributed by atoms with Crippen molar-refractivity contribution < 1.29 is 57.9 Å². The van der Waals surface area contributed by atoms with Crippen LogP contribution in [0.25, 0.3) is 0 Å². The second-order valence-electron chi connectivity index (χ2n) is 10.7. The van der Waals surface area contributed by atoms with E-state index < -0.39 is 73.1 Å². The maximum Gasteiger partial charge on any atom is 0.338 e. The van der Waals surface area contributed by atoms with E-state index in [2.05, 4.69) is 0 Å². The SMILES string of the molecule is O=C(O)CC1(O)O[C@H](COC(=O)c2ccccc2)[C@@H](OC(=O)c2ccccc2)[C@H](OC(=O)c2ccccc2)[C@@H]1OC(=O)c1ccccc1. The first-order chi connectivity index (χ1) is 23.1. The predicted molar refractivity (Wildman–Crippen MR) is 166 cm³/mol. The lowest BCUT2D eigenvalue weighted by Crippen LogP contribution is -2.68. The van der Waals surface area contributed by atoms with E-state index >= 15 is 0 Å². The first kappa shape index (κ1) is 33.5. The molecule has 0 spiro atoms. The topological polar surface area (TPSA) is 172 Å². The quantitative estimate of drug-likeness (QED) is 0.176. The number of carbonyl (C=O) groups is 5. The van der Waals surface area contributed by atoms with Gasteiger partial charge in [0.2, 0.25) is 5.79 Å². The van der Waals surface area contributed by atoms with Gasteiger partial charge in [0.05, 0.1) is 22.3 Å². The van der Waals surface area contributed by atoms with Crippen LogP contribution >= 0.6 is 0 Å². The molecular formula is C36H30O12. The molecule has 0 aliphatic carbocycles. The van der Waals surface area contributed by atoms with Gasteiger partial charge in [-0.2, -0.15) is 0 Å². The highest BCUT2D eigenvalue weighted by Gasteiger charge is 2.61. The van der Waals surface area contributed by atoms with Crippen LogP contribution in [-0.4, -0.2) is 76.9 Å². The Morgan fingerprint density at radius 2 is 0.938 bits per heavy atom. The van der Waals surface area contributed by atoms with Crippen molar-refractivity contribution >= 4 is 29.8 Å². The Morgan fingerprint density at radius 3 is 1.35 bits per heavy atom. The molecule has 48 heavy (non-hydrogen) atoms. The molecule has 0 aromatic heterocycles. The number of ether oxygens (including phenoxy) is 5. The molecule has 4 aromatic rings. The van der Waals surface area contributed by atoms with E-state index in [-0.39, 0.29) is 22.3 Å². The van der Waals surface area contributed by atoms with E-state index in [9.17, 15) is 34.2 Å². The Hall–Kier alpha value is -5.85. The number of carboxylic acid groups (broad SMARTS) is 1. The molecule has 1 heterocycles. The minimum Gasteiger partial charge on any atom is -0.481 e. The van der Waals surface area contributed by atoms with Crippen LogP contribution in [0, 0.1) is 0 Å². The fraction of sp³-hybridized carbons (Fsp3) is 0.194. The highest BCUT2D eigenvalue weighted by atomic mass is 16.7. The molecule has 12 nitrogen and oxygen atoms in total. The number of carboxylic acids is 1. The van der Waals surface area contributed by atoms with Gasteiger partial charge in [0.25, 0.3) is 0 Å². The Morgan fingerprint density at radius 1 is 0.562 bits per heavy atom. The van der Waals surface area contributed by atoms with Crippen molar-refractivity contribution in [2.24, 2.45) is 0 Å². The molecule has 4 aromatic carbocycles. The van der Waals surface area contributed by atoms with Crippen LogP contribution in [0.2, 0.25) is 0 Å². The maximum absolute atomic E-state index is 13.5. The fourth-order valence-electron chi connectivity index (χ4n) is 5.06. The lowest BCUT2D eigenvalue weighted by molar-refractivity contribution is -0.345. The fourth-order valence-corrected chi connectivity index (χ4v) is 5.06. The summed E-state index contributed by atoms with van der Waals surface area (Å²) in [5.41, 5.74) is 0.294. The van der Waals surface area contributed by atoms with Crippen LogP contribution in [0.3, 0.4) is 0 Å². The van der Waals surface area contributed by atoms with E-state index in [1.54, 1.807) is 72.8 Å². The molecule has 1 aliphatic rings. The van der Waals surface area contributed by atoms with Crippen molar-refractivity contribution in [3.8, 4) is 0 Å². The second kappa shape index (κ2) is 15.2. The van der Waals surface area contributed by atoms with Crippen molar-refractivity contribution in [2.45, 2.75) is 36.6 Å². The summed E-state index contributed by atoms with van der Waals surface area (Å²) in [6, 6.07) is 30.8. The number of aliphatic carboxylic acids is 1.